The maximum atomic E-state index is 11.2. The van der Waals surface area contributed by atoms with E-state index in [4.69, 9.17) is 0 Å². The molecule has 94 valence electrons. The molecule has 0 fully saturated rings. The van der Waals surface area contributed by atoms with Crippen molar-refractivity contribution in [1.29, 1.82) is 0 Å². The average Bonchev–Trinajstić information content (AvgIpc) is 2.83. The number of carbonyl (C=O) groups excluding carboxylic acids is 1. The molecule has 1 N–H and O–H groups in total. The Balaban J connectivity index is 2.16. The highest BCUT2D eigenvalue weighted by atomic mass is 32.1. The lowest BCUT2D eigenvalue weighted by molar-refractivity contribution is 0.101. The third-order valence-corrected chi connectivity index (χ3v) is 3.81. The van der Waals surface area contributed by atoms with Crippen LogP contribution in [0.5, 0.6) is 0 Å². The molecule has 0 saturated carbocycles. The second-order valence-corrected chi connectivity index (χ2v) is 5.62. The number of hydrogen-bond acceptors (Lipinski definition) is 4. The van der Waals surface area contributed by atoms with Gasteiger partial charge in [-0.05, 0) is 45.0 Å². The Kier molecular flexibility index (Phi) is 3.48. The van der Waals surface area contributed by atoms with E-state index in [1.54, 1.807) is 18.3 Å². The summed E-state index contributed by atoms with van der Waals surface area (Å²) in [5.74, 6) is 0.0840. The van der Waals surface area contributed by atoms with E-state index >= 15 is 0 Å². The summed E-state index contributed by atoms with van der Waals surface area (Å²) in [6, 6.07) is 7.52. The van der Waals surface area contributed by atoms with Gasteiger partial charge in [0.1, 0.15) is 5.01 Å². The smallest absolute Gasteiger partial charge is 0.159 e. The van der Waals surface area contributed by atoms with Crippen LogP contribution in [0, 0.1) is 0 Å². The minimum Gasteiger partial charge on any atom is -0.374 e. The molecule has 0 spiro atoms. The Labute approximate surface area is 111 Å². The van der Waals surface area contributed by atoms with Crippen LogP contribution >= 0.6 is 11.3 Å². The van der Waals surface area contributed by atoms with Gasteiger partial charge in [-0.3, -0.25) is 4.79 Å². The molecular weight excluding hydrogens is 244 g/mol. The van der Waals surface area contributed by atoms with Crippen molar-refractivity contribution >= 4 is 22.8 Å². The number of ketones is 1. The summed E-state index contributed by atoms with van der Waals surface area (Å²) in [4.78, 5) is 15.5. The molecule has 18 heavy (non-hydrogen) atoms. The molecule has 1 heterocycles. The lowest BCUT2D eigenvalue weighted by Gasteiger charge is -2.25. The number of aromatic nitrogens is 1. The van der Waals surface area contributed by atoms with Crippen molar-refractivity contribution in [2.75, 3.05) is 5.32 Å². The predicted molar refractivity (Wildman–Crippen MR) is 75.2 cm³/mol. The van der Waals surface area contributed by atoms with E-state index in [0.29, 0.717) is 0 Å². The van der Waals surface area contributed by atoms with Crippen molar-refractivity contribution in [3.8, 4) is 0 Å². The minimum atomic E-state index is -0.216. The van der Waals surface area contributed by atoms with Gasteiger partial charge in [0, 0.05) is 22.8 Å². The summed E-state index contributed by atoms with van der Waals surface area (Å²) >= 11 is 1.63. The van der Waals surface area contributed by atoms with Gasteiger partial charge in [0.25, 0.3) is 0 Å². The van der Waals surface area contributed by atoms with Crippen LogP contribution in [0.2, 0.25) is 0 Å². The van der Waals surface area contributed by atoms with Gasteiger partial charge in [0.05, 0.1) is 5.54 Å². The summed E-state index contributed by atoms with van der Waals surface area (Å²) in [6.07, 6.45) is 1.81. The maximum Gasteiger partial charge on any atom is 0.159 e. The van der Waals surface area contributed by atoms with Gasteiger partial charge in [-0.1, -0.05) is 0 Å². The molecule has 0 bridgehead atoms. The first kappa shape index (κ1) is 12.8. The van der Waals surface area contributed by atoms with E-state index in [0.717, 1.165) is 16.3 Å². The summed E-state index contributed by atoms with van der Waals surface area (Å²) in [5.41, 5.74) is 1.50. The second kappa shape index (κ2) is 4.90. The van der Waals surface area contributed by atoms with Crippen molar-refractivity contribution in [3.63, 3.8) is 0 Å². The molecule has 0 aliphatic heterocycles. The molecular formula is C14H16N2OS. The summed E-state index contributed by atoms with van der Waals surface area (Å²) in [6.45, 7) is 5.75. The van der Waals surface area contributed by atoms with E-state index in [2.05, 4.69) is 24.1 Å². The van der Waals surface area contributed by atoms with Crippen LogP contribution in [0.15, 0.2) is 35.8 Å². The van der Waals surface area contributed by atoms with Gasteiger partial charge in [-0.2, -0.15) is 0 Å². The Morgan fingerprint density at radius 2 is 1.94 bits per heavy atom. The number of anilines is 1. The Bertz CT molecular complexity index is 529. The zero-order chi connectivity index (χ0) is 13.2. The topological polar surface area (TPSA) is 42.0 Å². The molecule has 0 aliphatic rings. The minimum absolute atomic E-state index is 0.0840. The van der Waals surface area contributed by atoms with Crippen LogP contribution in [0.4, 0.5) is 5.69 Å². The maximum absolute atomic E-state index is 11.2. The molecule has 0 atom stereocenters. The molecule has 1 aromatic heterocycles. The van der Waals surface area contributed by atoms with Crippen LogP contribution in [0.25, 0.3) is 0 Å². The molecule has 2 aromatic rings. The highest BCUT2D eigenvalue weighted by Gasteiger charge is 2.22. The number of thiazole rings is 1. The van der Waals surface area contributed by atoms with Gasteiger partial charge < -0.3 is 5.32 Å². The van der Waals surface area contributed by atoms with Crippen molar-refractivity contribution < 1.29 is 4.79 Å². The van der Waals surface area contributed by atoms with Gasteiger partial charge in [-0.15, -0.1) is 11.3 Å². The van der Waals surface area contributed by atoms with E-state index in [-0.39, 0.29) is 11.3 Å². The normalized spacial score (nSPS) is 11.3. The fourth-order valence-corrected chi connectivity index (χ4v) is 2.45. The Morgan fingerprint density at radius 3 is 2.44 bits per heavy atom. The van der Waals surface area contributed by atoms with Gasteiger partial charge in [-0.25, -0.2) is 4.98 Å². The first-order valence-corrected chi connectivity index (χ1v) is 6.66. The zero-order valence-corrected chi connectivity index (χ0v) is 11.5. The molecule has 0 aliphatic carbocycles. The van der Waals surface area contributed by atoms with Crippen molar-refractivity contribution in [1.82, 2.24) is 4.98 Å². The molecule has 0 amide bonds. The number of nitrogens with one attached hydrogen (secondary N) is 1. The van der Waals surface area contributed by atoms with Crippen LogP contribution in [0.3, 0.4) is 0 Å². The highest BCUT2D eigenvalue weighted by molar-refractivity contribution is 7.09. The van der Waals surface area contributed by atoms with Crippen LogP contribution in [0.1, 0.15) is 36.1 Å². The van der Waals surface area contributed by atoms with Crippen LogP contribution in [-0.4, -0.2) is 10.8 Å². The number of rotatable bonds is 4. The number of benzene rings is 1. The monoisotopic (exact) mass is 260 g/mol. The number of hydrogen-bond donors (Lipinski definition) is 1. The van der Waals surface area contributed by atoms with Gasteiger partial charge >= 0.3 is 0 Å². The summed E-state index contributed by atoms with van der Waals surface area (Å²) in [5, 5.41) is 6.43. The third kappa shape index (κ3) is 2.76. The predicted octanol–water partition coefficient (Wildman–Crippen LogP) is 3.69. The molecule has 0 radical (unpaired) electrons. The highest BCUT2D eigenvalue weighted by Crippen LogP contribution is 2.27. The number of carbonyl (C=O) groups is 1. The van der Waals surface area contributed by atoms with Gasteiger partial charge in [0.15, 0.2) is 5.78 Å². The first-order chi connectivity index (χ1) is 8.49. The molecule has 0 unspecified atom stereocenters. The fraction of sp³-hybridized carbons (Fsp3) is 0.286. The van der Waals surface area contributed by atoms with Crippen molar-refractivity contribution in [2.45, 2.75) is 26.3 Å². The zero-order valence-electron chi connectivity index (χ0n) is 10.7. The van der Waals surface area contributed by atoms with E-state index < -0.39 is 0 Å². The van der Waals surface area contributed by atoms with Crippen molar-refractivity contribution in [2.24, 2.45) is 0 Å². The third-order valence-electron chi connectivity index (χ3n) is 2.72. The molecule has 0 saturated heterocycles. The number of Topliss-reactive ketones (excluding diaryl/α,β-unsaturated/α-hetero) is 1. The van der Waals surface area contributed by atoms with Crippen LogP contribution in [-0.2, 0) is 5.54 Å². The Hall–Kier alpha value is -1.68. The lowest BCUT2D eigenvalue weighted by atomic mass is 10.1. The molecule has 4 heteroatoms. The fourth-order valence-electron chi connectivity index (χ4n) is 1.73. The largest absolute Gasteiger partial charge is 0.374 e. The lowest BCUT2D eigenvalue weighted by Crippen LogP contribution is -2.27. The SMILES string of the molecule is CC(=O)c1ccc(NC(C)(C)c2nccs2)cc1. The number of nitrogens with zero attached hydrogens (tertiary/aromatic N) is 1. The average molecular weight is 260 g/mol. The summed E-state index contributed by atoms with van der Waals surface area (Å²) in [7, 11) is 0. The second-order valence-electron chi connectivity index (χ2n) is 4.72. The van der Waals surface area contributed by atoms with E-state index in [1.807, 2.05) is 35.8 Å². The van der Waals surface area contributed by atoms with Gasteiger partial charge in [0.2, 0.25) is 0 Å². The molecule has 1 aromatic carbocycles. The Morgan fingerprint density at radius 1 is 1.28 bits per heavy atom. The molecule has 2 rings (SSSR count). The standard InChI is InChI=1S/C14H16N2OS/c1-10(17)11-4-6-12(7-5-11)16-14(2,3)13-15-8-9-18-13/h4-9,16H,1-3H3. The first-order valence-electron chi connectivity index (χ1n) is 5.78. The van der Waals surface area contributed by atoms with Crippen molar-refractivity contribution in [3.05, 3.63) is 46.4 Å². The van der Waals surface area contributed by atoms with E-state index in [1.165, 1.54) is 0 Å². The molecule has 3 nitrogen and oxygen atoms in total. The summed E-state index contributed by atoms with van der Waals surface area (Å²) < 4.78 is 0. The quantitative estimate of drug-likeness (QED) is 0.852. The van der Waals surface area contributed by atoms with Crippen LogP contribution < -0.4 is 5.32 Å². The van der Waals surface area contributed by atoms with E-state index in [9.17, 15) is 4.79 Å².